The highest BCUT2D eigenvalue weighted by atomic mass is 32.2. The number of anilines is 1. The zero-order valence-electron chi connectivity index (χ0n) is 8.71. The molecule has 2 aromatic rings. The molecule has 0 fully saturated rings. The third kappa shape index (κ3) is 1.91. The Morgan fingerprint density at radius 3 is 2.75 bits per heavy atom. The van der Waals surface area contributed by atoms with Crippen LogP contribution in [0.25, 0.3) is 5.65 Å². The first-order valence-corrected chi connectivity index (χ1v) is 6.26. The molecule has 0 unspecified atom stereocenters. The molecule has 0 aliphatic carbocycles. The van der Waals surface area contributed by atoms with Gasteiger partial charge in [-0.2, -0.15) is 0 Å². The number of aromatic nitrogens is 3. The van der Waals surface area contributed by atoms with Crippen molar-refractivity contribution in [2.75, 3.05) is 18.1 Å². The van der Waals surface area contributed by atoms with Crippen LogP contribution in [0.4, 0.5) is 5.95 Å². The summed E-state index contributed by atoms with van der Waals surface area (Å²) in [7, 11) is -1.91. The zero-order valence-corrected chi connectivity index (χ0v) is 9.52. The molecule has 0 atom stereocenters. The quantitative estimate of drug-likeness (QED) is 0.825. The molecule has 0 aromatic carbocycles. The fraction of sp³-hybridized carbons (Fsp3) is 0.250. The van der Waals surface area contributed by atoms with Gasteiger partial charge in [0.2, 0.25) is 21.9 Å². The van der Waals surface area contributed by atoms with Gasteiger partial charge in [-0.3, -0.25) is 4.72 Å². The molecule has 86 valence electrons. The van der Waals surface area contributed by atoms with E-state index in [0.29, 0.717) is 11.5 Å². The highest BCUT2D eigenvalue weighted by Crippen LogP contribution is 2.18. The second-order valence-electron chi connectivity index (χ2n) is 3.16. The highest BCUT2D eigenvalue weighted by molar-refractivity contribution is 7.91. The van der Waals surface area contributed by atoms with Crippen LogP contribution >= 0.6 is 0 Å². The lowest BCUT2D eigenvalue weighted by Crippen LogP contribution is -2.12. The molecule has 0 spiro atoms. The van der Waals surface area contributed by atoms with E-state index in [-0.39, 0.29) is 5.95 Å². The van der Waals surface area contributed by atoms with Gasteiger partial charge in [0.25, 0.3) is 0 Å². The van der Waals surface area contributed by atoms with Crippen molar-refractivity contribution < 1.29 is 13.2 Å². The maximum absolute atomic E-state index is 11.1. The molecule has 0 saturated carbocycles. The number of pyridine rings is 1. The Balaban J connectivity index is 2.63. The Morgan fingerprint density at radius 1 is 1.38 bits per heavy atom. The fourth-order valence-electron chi connectivity index (χ4n) is 1.30. The Hall–Kier alpha value is -1.83. The maximum Gasteiger partial charge on any atom is 0.245 e. The van der Waals surface area contributed by atoms with Gasteiger partial charge in [0.1, 0.15) is 0 Å². The van der Waals surface area contributed by atoms with Gasteiger partial charge in [0, 0.05) is 0 Å². The smallest absolute Gasteiger partial charge is 0.245 e. The summed E-state index contributed by atoms with van der Waals surface area (Å²) in [5.74, 6) is 0.559. The Labute approximate surface area is 92.1 Å². The fourth-order valence-corrected chi connectivity index (χ4v) is 1.77. The summed E-state index contributed by atoms with van der Waals surface area (Å²) in [6, 6.07) is 5.12. The molecule has 2 rings (SSSR count). The van der Waals surface area contributed by atoms with Crippen LogP contribution < -0.4 is 9.46 Å². The third-order valence-electron chi connectivity index (χ3n) is 1.88. The molecule has 2 heterocycles. The number of methoxy groups -OCH3 is 1. The average molecular weight is 242 g/mol. The van der Waals surface area contributed by atoms with Crippen molar-refractivity contribution in [1.82, 2.24) is 14.6 Å². The molecular formula is C8H10N4O3S. The number of hydrogen-bond acceptors (Lipinski definition) is 5. The number of hydrogen-bond donors (Lipinski definition) is 1. The first kappa shape index (κ1) is 10.7. The molecule has 0 radical (unpaired) electrons. The largest absolute Gasteiger partial charge is 0.482 e. The lowest BCUT2D eigenvalue weighted by Gasteiger charge is -2.05. The highest BCUT2D eigenvalue weighted by Gasteiger charge is 2.12. The Bertz CT molecular complexity index is 619. The van der Waals surface area contributed by atoms with Gasteiger partial charge < -0.3 is 4.74 Å². The number of nitrogens with zero attached hydrogens (tertiary/aromatic N) is 3. The average Bonchev–Trinajstić information content (AvgIpc) is 2.59. The molecule has 0 aliphatic rings. The van der Waals surface area contributed by atoms with Crippen molar-refractivity contribution in [2.45, 2.75) is 0 Å². The summed E-state index contributed by atoms with van der Waals surface area (Å²) in [6.45, 7) is 0. The first-order valence-electron chi connectivity index (χ1n) is 4.37. The predicted molar refractivity (Wildman–Crippen MR) is 58.0 cm³/mol. The first-order chi connectivity index (χ1) is 7.51. The molecule has 8 heteroatoms. The van der Waals surface area contributed by atoms with Crippen LogP contribution in [0.1, 0.15) is 0 Å². The van der Waals surface area contributed by atoms with E-state index in [4.69, 9.17) is 4.74 Å². The molecule has 2 aromatic heterocycles. The molecule has 0 saturated heterocycles. The summed E-state index contributed by atoms with van der Waals surface area (Å²) < 4.78 is 31.0. The van der Waals surface area contributed by atoms with Crippen LogP contribution in [0.5, 0.6) is 5.88 Å². The van der Waals surface area contributed by atoms with Crippen molar-refractivity contribution in [1.29, 1.82) is 0 Å². The number of rotatable bonds is 3. The minimum Gasteiger partial charge on any atom is -0.482 e. The Morgan fingerprint density at radius 2 is 2.12 bits per heavy atom. The lowest BCUT2D eigenvalue weighted by molar-refractivity contribution is 0.393. The molecule has 0 bridgehead atoms. The summed E-state index contributed by atoms with van der Waals surface area (Å²) in [6.07, 6.45) is 1.05. The minimum atomic E-state index is -3.39. The van der Waals surface area contributed by atoms with E-state index in [2.05, 4.69) is 14.9 Å². The Kier molecular flexibility index (Phi) is 2.43. The molecule has 1 N–H and O–H groups in total. The van der Waals surface area contributed by atoms with Crippen LogP contribution in [0, 0.1) is 0 Å². The van der Waals surface area contributed by atoms with Crippen LogP contribution in [-0.4, -0.2) is 36.4 Å². The van der Waals surface area contributed by atoms with E-state index in [9.17, 15) is 8.42 Å². The van der Waals surface area contributed by atoms with Gasteiger partial charge in [0.15, 0.2) is 5.65 Å². The monoisotopic (exact) mass is 242 g/mol. The van der Waals surface area contributed by atoms with Crippen molar-refractivity contribution in [3.05, 3.63) is 18.2 Å². The van der Waals surface area contributed by atoms with E-state index in [0.717, 1.165) is 6.26 Å². The van der Waals surface area contributed by atoms with Crippen molar-refractivity contribution in [3.8, 4) is 5.88 Å². The van der Waals surface area contributed by atoms with Gasteiger partial charge >= 0.3 is 0 Å². The van der Waals surface area contributed by atoms with Gasteiger partial charge in [-0.05, 0) is 12.1 Å². The summed E-state index contributed by atoms with van der Waals surface area (Å²) in [5, 5.41) is 7.55. The SMILES string of the molecule is COc1cccc2nnc(NS(C)(=O)=O)n12. The second kappa shape index (κ2) is 3.63. The van der Waals surface area contributed by atoms with Gasteiger partial charge in [0.05, 0.1) is 13.4 Å². The molecule has 7 nitrogen and oxygen atoms in total. The summed E-state index contributed by atoms with van der Waals surface area (Å²) in [5.41, 5.74) is 0.505. The number of fused-ring (bicyclic) bond motifs is 1. The van der Waals surface area contributed by atoms with Crippen molar-refractivity contribution in [3.63, 3.8) is 0 Å². The minimum absolute atomic E-state index is 0.106. The molecule has 0 amide bonds. The van der Waals surface area contributed by atoms with E-state index in [1.54, 1.807) is 18.2 Å². The third-order valence-corrected chi connectivity index (χ3v) is 2.43. The standard InChI is InChI=1S/C8H10N4O3S/c1-15-7-5-3-4-6-9-10-8(12(6)7)11-16(2,13)14/h3-5H,1-2H3,(H,10,11). The van der Waals surface area contributed by atoms with Crippen LogP contribution in [0.15, 0.2) is 18.2 Å². The normalized spacial score (nSPS) is 11.6. The molecule has 16 heavy (non-hydrogen) atoms. The molecule has 0 aliphatic heterocycles. The van der Waals surface area contributed by atoms with Crippen LogP contribution in [0.3, 0.4) is 0 Å². The van der Waals surface area contributed by atoms with Gasteiger partial charge in [-0.25, -0.2) is 12.8 Å². The van der Waals surface area contributed by atoms with E-state index in [1.165, 1.54) is 11.5 Å². The van der Waals surface area contributed by atoms with E-state index >= 15 is 0 Å². The van der Waals surface area contributed by atoms with Crippen LogP contribution in [0.2, 0.25) is 0 Å². The second-order valence-corrected chi connectivity index (χ2v) is 4.91. The zero-order chi connectivity index (χ0) is 11.8. The van der Waals surface area contributed by atoms with E-state index < -0.39 is 10.0 Å². The van der Waals surface area contributed by atoms with Gasteiger partial charge in [-0.15, -0.1) is 10.2 Å². The summed E-state index contributed by atoms with van der Waals surface area (Å²) in [4.78, 5) is 0. The number of sulfonamides is 1. The van der Waals surface area contributed by atoms with Crippen LogP contribution in [-0.2, 0) is 10.0 Å². The summed E-state index contributed by atoms with van der Waals surface area (Å²) >= 11 is 0. The number of ether oxygens (including phenoxy) is 1. The predicted octanol–water partition coefficient (Wildman–Crippen LogP) is 0.109. The van der Waals surface area contributed by atoms with Gasteiger partial charge in [-0.1, -0.05) is 6.07 Å². The molecular weight excluding hydrogens is 232 g/mol. The van der Waals surface area contributed by atoms with Crippen molar-refractivity contribution >= 4 is 21.6 Å². The number of nitrogens with one attached hydrogen (secondary N) is 1. The van der Waals surface area contributed by atoms with E-state index in [1.807, 2.05) is 0 Å². The maximum atomic E-state index is 11.1. The topological polar surface area (TPSA) is 85.6 Å². The lowest BCUT2D eigenvalue weighted by atomic mass is 10.4. The van der Waals surface area contributed by atoms with Crippen molar-refractivity contribution in [2.24, 2.45) is 0 Å².